The predicted molar refractivity (Wildman–Crippen MR) is 102 cm³/mol. The van der Waals surface area contributed by atoms with Gasteiger partial charge in [0.1, 0.15) is 23.0 Å². The summed E-state index contributed by atoms with van der Waals surface area (Å²) in [6.07, 6.45) is 4.65. The lowest BCUT2D eigenvalue weighted by Gasteiger charge is -2.08. The summed E-state index contributed by atoms with van der Waals surface area (Å²) in [7, 11) is 0. The molecule has 0 bridgehead atoms. The first-order valence-electron chi connectivity index (χ1n) is 8.06. The van der Waals surface area contributed by atoms with Crippen molar-refractivity contribution in [2.24, 2.45) is 0 Å². The van der Waals surface area contributed by atoms with Gasteiger partial charge in [0.25, 0.3) is 5.91 Å². The lowest BCUT2D eigenvalue weighted by atomic mass is 10.3. The molecule has 0 radical (unpaired) electrons. The average molecular weight is 346 g/mol. The molecule has 2 aromatic carbocycles. The van der Waals surface area contributed by atoms with Crippen molar-refractivity contribution < 1.29 is 9.53 Å². The molecule has 0 saturated heterocycles. The molecule has 6 nitrogen and oxygen atoms in total. The first-order chi connectivity index (χ1) is 12.7. The number of nitrogens with zero attached hydrogens (tertiary/aromatic N) is 2. The molecule has 0 spiro atoms. The first kappa shape index (κ1) is 17.2. The van der Waals surface area contributed by atoms with Crippen molar-refractivity contribution in [3.8, 4) is 11.5 Å². The standard InChI is InChI=1S/C20H18N4O2/c1-2-12-21-19-14-22-18(13-23-19)20(25)24-15-8-10-17(11-9-15)26-16-6-4-3-5-7-16/h2-11,13-14H,1,12H2,(H,21,23)(H,24,25). The number of para-hydroxylation sites is 1. The van der Waals surface area contributed by atoms with Gasteiger partial charge in [-0.05, 0) is 36.4 Å². The van der Waals surface area contributed by atoms with Crippen LogP contribution in [0.15, 0.2) is 79.6 Å². The molecule has 0 aliphatic rings. The molecule has 1 heterocycles. The van der Waals surface area contributed by atoms with Crippen LogP contribution in [-0.4, -0.2) is 22.4 Å². The fraction of sp³-hybridized carbons (Fsp3) is 0.0500. The molecule has 6 heteroatoms. The zero-order chi connectivity index (χ0) is 18.2. The van der Waals surface area contributed by atoms with E-state index in [1.54, 1.807) is 30.3 Å². The molecule has 1 aromatic heterocycles. The fourth-order valence-electron chi connectivity index (χ4n) is 2.14. The summed E-state index contributed by atoms with van der Waals surface area (Å²) in [5, 5.41) is 5.78. The Hall–Kier alpha value is -3.67. The second kappa shape index (κ2) is 8.43. The molecule has 0 aliphatic heterocycles. The van der Waals surface area contributed by atoms with E-state index in [4.69, 9.17) is 4.74 Å². The Morgan fingerprint density at radius 1 is 1.00 bits per heavy atom. The largest absolute Gasteiger partial charge is 0.457 e. The number of hydrogen-bond donors (Lipinski definition) is 2. The number of benzene rings is 2. The molecular weight excluding hydrogens is 328 g/mol. The van der Waals surface area contributed by atoms with Crippen molar-refractivity contribution in [1.82, 2.24) is 9.97 Å². The first-order valence-corrected chi connectivity index (χ1v) is 8.06. The number of ether oxygens (including phenoxy) is 1. The van der Waals surface area contributed by atoms with Gasteiger partial charge in [0, 0.05) is 12.2 Å². The van der Waals surface area contributed by atoms with Gasteiger partial charge >= 0.3 is 0 Å². The molecule has 3 rings (SSSR count). The zero-order valence-corrected chi connectivity index (χ0v) is 14.1. The second-order valence-corrected chi connectivity index (χ2v) is 5.35. The van der Waals surface area contributed by atoms with E-state index in [0.717, 1.165) is 5.75 Å². The highest BCUT2D eigenvalue weighted by Gasteiger charge is 2.08. The SMILES string of the molecule is C=CCNc1cnc(C(=O)Nc2ccc(Oc3ccccc3)cc2)cn1. The third-order valence-electron chi connectivity index (χ3n) is 3.40. The van der Waals surface area contributed by atoms with Crippen LogP contribution < -0.4 is 15.4 Å². The summed E-state index contributed by atoms with van der Waals surface area (Å²) >= 11 is 0. The Balaban J connectivity index is 1.59. The number of anilines is 2. The zero-order valence-electron chi connectivity index (χ0n) is 14.1. The summed E-state index contributed by atoms with van der Waals surface area (Å²) in [5.41, 5.74) is 0.879. The number of nitrogens with one attached hydrogen (secondary N) is 2. The summed E-state index contributed by atoms with van der Waals surface area (Å²) < 4.78 is 5.72. The average Bonchev–Trinajstić information content (AvgIpc) is 2.69. The van der Waals surface area contributed by atoms with Crippen molar-refractivity contribution in [2.45, 2.75) is 0 Å². The van der Waals surface area contributed by atoms with E-state index in [0.29, 0.717) is 23.8 Å². The molecule has 3 aromatic rings. The Morgan fingerprint density at radius 2 is 1.73 bits per heavy atom. The number of carbonyl (C=O) groups excluding carboxylic acids is 1. The van der Waals surface area contributed by atoms with Gasteiger partial charge in [-0.15, -0.1) is 6.58 Å². The maximum absolute atomic E-state index is 12.2. The van der Waals surface area contributed by atoms with Crippen molar-refractivity contribution >= 4 is 17.4 Å². The minimum Gasteiger partial charge on any atom is -0.457 e. The highest BCUT2D eigenvalue weighted by molar-refractivity contribution is 6.02. The highest BCUT2D eigenvalue weighted by atomic mass is 16.5. The van der Waals surface area contributed by atoms with Crippen LogP contribution in [0.5, 0.6) is 11.5 Å². The van der Waals surface area contributed by atoms with E-state index in [9.17, 15) is 4.79 Å². The topological polar surface area (TPSA) is 76.1 Å². The van der Waals surface area contributed by atoms with Crippen LogP contribution in [0.4, 0.5) is 11.5 Å². The van der Waals surface area contributed by atoms with E-state index in [1.807, 2.05) is 30.3 Å². The molecule has 0 saturated carbocycles. The van der Waals surface area contributed by atoms with Gasteiger partial charge in [0.15, 0.2) is 0 Å². The number of amides is 1. The lowest BCUT2D eigenvalue weighted by Crippen LogP contribution is -2.14. The predicted octanol–water partition coefficient (Wildman–Crippen LogP) is 4.12. The summed E-state index contributed by atoms with van der Waals surface area (Å²) in [6.45, 7) is 4.20. The van der Waals surface area contributed by atoms with Crippen LogP contribution in [0.3, 0.4) is 0 Å². The smallest absolute Gasteiger partial charge is 0.275 e. The van der Waals surface area contributed by atoms with Gasteiger partial charge in [-0.1, -0.05) is 24.3 Å². The number of carbonyl (C=O) groups is 1. The Morgan fingerprint density at radius 3 is 2.38 bits per heavy atom. The quantitative estimate of drug-likeness (QED) is 0.629. The molecule has 0 fully saturated rings. The van der Waals surface area contributed by atoms with E-state index in [-0.39, 0.29) is 11.6 Å². The number of rotatable bonds is 7. The van der Waals surface area contributed by atoms with Gasteiger partial charge in [0.05, 0.1) is 12.4 Å². The van der Waals surface area contributed by atoms with Crippen molar-refractivity contribution in [3.63, 3.8) is 0 Å². The van der Waals surface area contributed by atoms with Crippen LogP contribution in [0.25, 0.3) is 0 Å². The van der Waals surface area contributed by atoms with Gasteiger partial charge in [-0.3, -0.25) is 4.79 Å². The summed E-state index contributed by atoms with van der Waals surface area (Å²) in [4.78, 5) is 20.5. The molecule has 130 valence electrons. The molecule has 0 atom stereocenters. The molecule has 1 amide bonds. The van der Waals surface area contributed by atoms with E-state index >= 15 is 0 Å². The van der Waals surface area contributed by atoms with Gasteiger partial charge in [-0.25, -0.2) is 9.97 Å². The van der Waals surface area contributed by atoms with E-state index in [2.05, 4.69) is 27.2 Å². The van der Waals surface area contributed by atoms with Crippen molar-refractivity contribution in [2.75, 3.05) is 17.2 Å². The normalized spacial score (nSPS) is 10.0. The fourth-order valence-corrected chi connectivity index (χ4v) is 2.14. The highest BCUT2D eigenvalue weighted by Crippen LogP contribution is 2.22. The molecular formula is C20H18N4O2. The minimum absolute atomic E-state index is 0.235. The minimum atomic E-state index is -0.329. The monoisotopic (exact) mass is 346 g/mol. The van der Waals surface area contributed by atoms with E-state index < -0.39 is 0 Å². The van der Waals surface area contributed by atoms with Gasteiger partial charge in [-0.2, -0.15) is 0 Å². The van der Waals surface area contributed by atoms with Crippen LogP contribution in [-0.2, 0) is 0 Å². The van der Waals surface area contributed by atoms with Crippen molar-refractivity contribution in [1.29, 1.82) is 0 Å². The summed E-state index contributed by atoms with van der Waals surface area (Å²) in [6, 6.07) is 16.6. The van der Waals surface area contributed by atoms with E-state index in [1.165, 1.54) is 12.4 Å². The van der Waals surface area contributed by atoms with Crippen molar-refractivity contribution in [3.05, 3.63) is 85.3 Å². The van der Waals surface area contributed by atoms with Crippen LogP contribution in [0.1, 0.15) is 10.5 Å². The Kier molecular flexibility index (Phi) is 5.57. The van der Waals surface area contributed by atoms with Crippen LogP contribution in [0.2, 0.25) is 0 Å². The summed E-state index contributed by atoms with van der Waals surface area (Å²) in [5.74, 6) is 1.70. The molecule has 0 unspecified atom stereocenters. The number of aromatic nitrogens is 2. The number of hydrogen-bond acceptors (Lipinski definition) is 5. The van der Waals surface area contributed by atoms with Crippen LogP contribution in [0, 0.1) is 0 Å². The lowest BCUT2D eigenvalue weighted by molar-refractivity contribution is 0.102. The molecule has 0 aliphatic carbocycles. The molecule has 26 heavy (non-hydrogen) atoms. The second-order valence-electron chi connectivity index (χ2n) is 5.35. The van der Waals surface area contributed by atoms with Gasteiger partial charge in [0.2, 0.25) is 0 Å². The Labute approximate surface area is 151 Å². The maximum atomic E-state index is 12.2. The van der Waals surface area contributed by atoms with Gasteiger partial charge < -0.3 is 15.4 Å². The Bertz CT molecular complexity index is 863. The third kappa shape index (κ3) is 4.67. The molecule has 2 N–H and O–H groups in total. The maximum Gasteiger partial charge on any atom is 0.275 e. The van der Waals surface area contributed by atoms with Crippen LogP contribution >= 0.6 is 0 Å². The third-order valence-corrected chi connectivity index (χ3v) is 3.40.